The molecule has 6 heteroatoms. The number of amides is 1. The van der Waals surface area contributed by atoms with Gasteiger partial charge in [-0.25, -0.2) is 0 Å². The molecule has 1 aromatic carbocycles. The monoisotopic (exact) mass is 295 g/mol. The molecule has 0 saturated heterocycles. The molecule has 0 aliphatic heterocycles. The first kappa shape index (κ1) is 16.8. The third-order valence-electron chi connectivity index (χ3n) is 3.24. The lowest BCUT2D eigenvalue weighted by Crippen LogP contribution is -2.30. The van der Waals surface area contributed by atoms with E-state index >= 15 is 0 Å². The lowest BCUT2D eigenvalue weighted by atomic mass is 10.0. The largest absolute Gasteiger partial charge is 0.493 e. The molecule has 6 nitrogen and oxygen atoms in total. The topological polar surface area (TPSA) is 84.9 Å². The summed E-state index contributed by atoms with van der Waals surface area (Å²) in [5, 5.41) is 11.5. The Morgan fingerprint density at radius 1 is 1.24 bits per heavy atom. The summed E-state index contributed by atoms with van der Waals surface area (Å²) in [5.74, 6) is -0.178. The minimum absolute atomic E-state index is 0.0444. The molecular formula is C15H21NO5. The predicted octanol–water partition coefficient (Wildman–Crippen LogP) is 1.93. The zero-order valence-corrected chi connectivity index (χ0v) is 12.5. The van der Waals surface area contributed by atoms with Gasteiger partial charge in [-0.1, -0.05) is 13.3 Å². The number of benzene rings is 1. The molecule has 0 aliphatic rings. The molecule has 0 aromatic heterocycles. The van der Waals surface area contributed by atoms with Gasteiger partial charge in [0.25, 0.3) is 5.91 Å². The molecule has 0 spiro atoms. The van der Waals surface area contributed by atoms with Crippen LogP contribution in [-0.2, 0) is 4.79 Å². The van der Waals surface area contributed by atoms with Gasteiger partial charge < -0.3 is 19.9 Å². The van der Waals surface area contributed by atoms with E-state index in [4.69, 9.17) is 14.6 Å². The maximum atomic E-state index is 12.1. The molecule has 0 aliphatic carbocycles. The van der Waals surface area contributed by atoms with E-state index in [0.29, 0.717) is 30.0 Å². The number of carbonyl (C=O) groups excluding carboxylic acids is 1. The van der Waals surface area contributed by atoms with Crippen LogP contribution in [0.3, 0.4) is 0 Å². The zero-order chi connectivity index (χ0) is 15.8. The normalized spacial score (nSPS) is 11.6. The lowest BCUT2D eigenvalue weighted by Gasteiger charge is -2.14. The lowest BCUT2D eigenvalue weighted by molar-refractivity contribution is -0.138. The van der Waals surface area contributed by atoms with Crippen molar-refractivity contribution in [2.24, 2.45) is 5.92 Å². The second-order valence-electron chi connectivity index (χ2n) is 4.65. The number of methoxy groups -OCH3 is 2. The second-order valence-corrected chi connectivity index (χ2v) is 4.65. The SMILES string of the molecule is CCC(CNC(=O)c1ccc(OC)c(OC)c1)CC(=O)O. The third kappa shape index (κ3) is 4.98. The van der Waals surface area contributed by atoms with E-state index in [-0.39, 0.29) is 18.2 Å². The van der Waals surface area contributed by atoms with Crippen LogP contribution in [0.15, 0.2) is 18.2 Å². The van der Waals surface area contributed by atoms with Crippen LogP contribution < -0.4 is 14.8 Å². The molecule has 0 fully saturated rings. The highest BCUT2D eigenvalue weighted by Gasteiger charge is 2.14. The number of aliphatic carboxylic acids is 1. The van der Waals surface area contributed by atoms with Gasteiger partial charge in [0, 0.05) is 18.5 Å². The quantitative estimate of drug-likeness (QED) is 0.765. The second kappa shape index (κ2) is 8.14. The molecule has 1 rings (SSSR count). The number of rotatable bonds is 8. The average molecular weight is 295 g/mol. The van der Waals surface area contributed by atoms with Gasteiger partial charge in [-0.3, -0.25) is 9.59 Å². The fourth-order valence-electron chi connectivity index (χ4n) is 1.92. The van der Waals surface area contributed by atoms with Crippen molar-refractivity contribution in [3.8, 4) is 11.5 Å². The summed E-state index contributed by atoms with van der Waals surface area (Å²) in [5.41, 5.74) is 0.442. The molecule has 1 aromatic rings. The number of nitrogens with one attached hydrogen (secondary N) is 1. The standard InChI is InChI=1S/C15H21NO5/c1-4-10(7-14(17)18)9-16-15(19)11-5-6-12(20-2)13(8-11)21-3/h5-6,8,10H,4,7,9H2,1-3H3,(H,16,19)(H,17,18). The van der Waals surface area contributed by atoms with Gasteiger partial charge in [0.1, 0.15) is 0 Å². The Morgan fingerprint density at radius 2 is 1.90 bits per heavy atom. The van der Waals surface area contributed by atoms with Crippen molar-refractivity contribution in [3.05, 3.63) is 23.8 Å². The Labute approximate surface area is 124 Å². The zero-order valence-electron chi connectivity index (χ0n) is 12.5. The Balaban J connectivity index is 2.69. The van der Waals surface area contributed by atoms with Gasteiger partial charge in [-0.2, -0.15) is 0 Å². The summed E-state index contributed by atoms with van der Waals surface area (Å²) >= 11 is 0. The predicted molar refractivity (Wildman–Crippen MR) is 77.9 cm³/mol. The number of hydrogen-bond donors (Lipinski definition) is 2. The highest BCUT2D eigenvalue weighted by Crippen LogP contribution is 2.27. The first-order valence-corrected chi connectivity index (χ1v) is 6.73. The van der Waals surface area contributed by atoms with Crippen molar-refractivity contribution >= 4 is 11.9 Å². The summed E-state index contributed by atoms with van der Waals surface area (Å²) in [6.07, 6.45) is 0.737. The first-order chi connectivity index (χ1) is 10.0. The van der Waals surface area contributed by atoms with Crippen LogP contribution in [0.25, 0.3) is 0 Å². The van der Waals surface area contributed by atoms with E-state index in [2.05, 4.69) is 5.32 Å². The number of hydrogen-bond acceptors (Lipinski definition) is 4. The number of ether oxygens (including phenoxy) is 2. The van der Waals surface area contributed by atoms with Gasteiger partial charge in [-0.15, -0.1) is 0 Å². The molecule has 21 heavy (non-hydrogen) atoms. The Bertz CT molecular complexity index is 501. The van der Waals surface area contributed by atoms with Crippen LogP contribution in [-0.4, -0.2) is 37.7 Å². The molecule has 116 valence electrons. The van der Waals surface area contributed by atoms with Crippen molar-refractivity contribution in [1.29, 1.82) is 0 Å². The van der Waals surface area contributed by atoms with E-state index in [0.717, 1.165) is 0 Å². The van der Waals surface area contributed by atoms with E-state index in [9.17, 15) is 9.59 Å². The molecule has 1 unspecified atom stereocenters. The smallest absolute Gasteiger partial charge is 0.303 e. The van der Waals surface area contributed by atoms with E-state index in [1.807, 2.05) is 6.92 Å². The molecule has 1 amide bonds. The van der Waals surface area contributed by atoms with Gasteiger partial charge in [0.2, 0.25) is 0 Å². The van der Waals surface area contributed by atoms with Gasteiger partial charge in [0.05, 0.1) is 14.2 Å². The van der Waals surface area contributed by atoms with Gasteiger partial charge in [-0.05, 0) is 24.1 Å². The molecule has 0 heterocycles. The summed E-state index contributed by atoms with van der Waals surface area (Å²) < 4.78 is 10.3. The van der Waals surface area contributed by atoms with Crippen molar-refractivity contribution < 1.29 is 24.2 Å². The Hall–Kier alpha value is -2.24. The molecule has 2 N–H and O–H groups in total. The van der Waals surface area contributed by atoms with Gasteiger partial charge in [0.15, 0.2) is 11.5 Å². The first-order valence-electron chi connectivity index (χ1n) is 6.73. The number of carbonyl (C=O) groups is 2. The number of carboxylic acid groups (broad SMARTS) is 1. The van der Waals surface area contributed by atoms with E-state index in [1.165, 1.54) is 14.2 Å². The maximum absolute atomic E-state index is 12.1. The maximum Gasteiger partial charge on any atom is 0.303 e. The van der Waals surface area contributed by atoms with Crippen LogP contribution in [0.5, 0.6) is 11.5 Å². The van der Waals surface area contributed by atoms with Crippen molar-refractivity contribution in [1.82, 2.24) is 5.32 Å². The fourth-order valence-corrected chi connectivity index (χ4v) is 1.92. The Kier molecular flexibility index (Phi) is 6.52. The van der Waals surface area contributed by atoms with Crippen molar-refractivity contribution in [2.75, 3.05) is 20.8 Å². The molecule has 0 radical (unpaired) electrons. The van der Waals surface area contributed by atoms with Crippen LogP contribution in [0, 0.1) is 5.92 Å². The van der Waals surface area contributed by atoms with E-state index < -0.39 is 5.97 Å². The van der Waals surface area contributed by atoms with Crippen molar-refractivity contribution in [2.45, 2.75) is 19.8 Å². The molecular weight excluding hydrogens is 274 g/mol. The van der Waals surface area contributed by atoms with E-state index in [1.54, 1.807) is 18.2 Å². The highest BCUT2D eigenvalue weighted by molar-refractivity contribution is 5.94. The molecule has 0 bridgehead atoms. The third-order valence-corrected chi connectivity index (χ3v) is 3.24. The Morgan fingerprint density at radius 3 is 2.43 bits per heavy atom. The molecule has 0 saturated carbocycles. The average Bonchev–Trinajstić information content (AvgIpc) is 2.49. The summed E-state index contributed by atoms with van der Waals surface area (Å²) in [7, 11) is 3.02. The van der Waals surface area contributed by atoms with Crippen LogP contribution in [0.1, 0.15) is 30.1 Å². The molecule has 1 atom stereocenters. The highest BCUT2D eigenvalue weighted by atomic mass is 16.5. The minimum atomic E-state index is -0.859. The van der Waals surface area contributed by atoms with Crippen LogP contribution >= 0.6 is 0 Å². The van der Waals surface area contributed by atoms with Crippen LogP contribution in [0.2, 0.25) is 0 Å². The van der Waals surface area contributed by atoms with Gasteiger partial charge >= 0.3 is 5.97 Å². The van der Waals surface area contributed by atoms with Crippen LogP contribution in [0.4, 0.5) is 0 Å². The summed E-state index contributed by atoms with van der Waals surface area (Å²) in [6, 6.07) is 4.88. The minimum Gasteiger partial charge on any atom is -0.493 e. The number of carboxylic acids is 1. The fraction of sp³-hybridized carbons (Fsp3) is 0.467. The van der Waals surface area contributed by atoms with Crippen molar-refractivity contribution in [3.63, 3.8) is 0 Å². The summed E-state index contributed by atoms with van der Waals surface area (Å²) in [6.45, 7) is 2.23. The summed E-state index contributed by atoms with van der Waals surface area (Å²) in [4.78, 5) is 22.8.